The SMILES string of the molecule is CCN1CCN(CC2CCC(NC)CC2)CC1. The molecule has 100 valence electrons. The van der Waals surface area contributed by atoms with Gasteiger partial charge in [-0.2, -0.15) is 0 Å². The summed E-state index contributed by atoms with van der Waals surface area (Å²) in [4.78, 5) is 5.25. The Morgan fingerprint density at radius 1 is 0.941 bits per heavy atom. The molecule has 1 saturated heterocycles. The van der Waals surface area contributed by atoms with E-state index in [-0.39, 0.29) is 0 Å². The van der Waals surface area contributed by atoms with Crippen molar-refractivity contribution in [2.45, 2.75) is 38.6 Å². The van der Waals surface area contributed by atoms with Gasteiger partial charge in [0.2, 0.25) is 0 Å². The first-order chi connectivity index (χ1) is 8.31. The van der Waals surface area contributed by atoms with E-state index in [2.05, 4.69) is 29.1 Å². The average Bonchev–Trinajstić information content (AvgIpc) is 2.40. The summed E-state index contributed by atoms with van der Waals surface area (Å²) in [6, 6.07) is 0.795. The van der Waals surface area contributed by atoms with Crippen molar-refractivity contribution in [2.75, 3.05) is 46.3 Å². The molecule has 2 rings (SSSR count). The number of likely N-dealkylation sites (N-methyl/N-ethyl adjacent to an activating group) is 1. The van der Waals surface area contributed by atoms with Gasteiger partial charge in [-0.05, 0) is 45.2 Å². The number of nitrogens with one attached hydrogen (secondary N) is 1. The Hall–Kier alpha value is -0.120. The summed E-state index contributed by atoms with van der Waals surface area (Å²) >= 11 is 0. The van der Waals surface area contributed by atoms with E-state index in [0.29, 0.717) is 0 Å². The molecule has 0 atom stereocenters. The van der Waals surface area contributed by atoms with Crippen LogP contribution in [0.2, 0.25) is 0 Å². The minimum absolute atomic E-state index is 0.795. The van der Waals surface area contributed by atoms with Crippen molar-refractivity contribution in [3.8, 4) is 0 Å². The molecule has 0 spiro atoms. The zero-order valence-electron chi connectivity index (χ0n) is 11.6. The Morgan fingerprint density at radius 2 is 1.53 bits per heavy atom. The number of nitrogens with zero attached hydrogens (tertiary/aromatic N) is 2. The molecule has 0 amide bonds. The monoisotopic (exact) mass is 239 g/mol. The van der Waals surface area contributed by atoms with Crippen LogP contribution in [0.1, 0.15) is 32.6 Å². The maximum absolute atomic E-state index is 3.42. The molecule has 2 fully saturated rings. The molecule has 0 radical (unpaired) electrons. The van der Waals surface area contributed by atoms with Crippen LogP contribution in [-0.4, -0.2) is 62.2 Å². The molecule has 2 aliphatic rings. The minimum atomic E-state index is 0.795. The summed E-state index contributed by atoms with van der Waals surface area (Å²) < 4.78 is 0. The first kappa shape index (κ1) is 13.3. The predicted octanol–water partition coefficient (Wildman–Crippen LogP) is 1.40. The Kier molecular flexibility index (Phi) is 5.26. The quantitative estimate of drug-likeness (QED) is 0.800. The van der Waals surface area contributed by atoms with Gasteiger partial charge in [0.05, 0.1) is 0 Å². The van der Waals surface area contributed by atoms with Crippen LogP contribution in [0.5, 0.6) is 0 Å². The van der Waals surface area contributed by atoms with Crippen molar-refractivity contribution in [3.63, 3.8) is 0 Å². The Morgan fingerprint density at radius 3 is 2.06 bits per heavy atom. The van der Waals surface area contributed by atoms with Crippen LogP contribution in [0.3, 0.4) is 0 Å². The smallest absolute Gasteiger partial charge is 0.0110 e. The lowest BCUT2D eigenvalue weighted by molar-refractivity contribution is 0.110. The average molecular weight is 239 g/mol. The highest BCUT2D eigenvalue weighted by Gasteiger charge is 2.23. The zero-order chi connectivity index (χ0) is 12.1. The highest BCUT2D eigenvalue weighted by atomic mass is 15.3. The second-order valence-corrected chi connectivity index (χ2v) is 5.74. The summed E-state index contributed by atoms with van der Waals surface area (Å²) in [5.74, 6) is 0.966. The van der Waals surface area contributed by atoms with Crippen LogP contribution in [0, 0.1) is 5.92 Å². The van der Waals surface area contributed by atoms with E-state index < -0.39 is 0 Å². The summed E-state index contributed by atoms with van der Waals surface area (Å²) in [6.45, 7) is 9.99. The van der Waals surface area contributed by atoms with E-state index in [1.165, 1.54) is 65.0 Å². The molecule has 0 unspecified atom stereocenters. The lowest BCUT2D eigenvalue weighted by Gasteiger charge is -2.37. The van der Waals surface area contributed by atoms with E-state index in [0.717, 1.165) is 12.0 Å². The van der Waals surface area contributed by atoms with Crippen molar-refractivity contribution < 1.29 is 0 Å². The van der Waals surface area contributed by atoms with Crippen LogP contribution < -0.4 is 5.32 Å². The van der Waals surface area contributed by atoms with Gasteiger partial charge in [-0.25, -0.2) is 0 Å². The first-order valence-corrected chi connectivity index (χ1v) is 7.43. The molecule has 3 heteroatoms. The topological polar surface area (TPSA) is 18.5 Å². The van der Waals surface area contributed by atoms with E-state index in [1.807, 2.05) is 0 Å². The van der Waals surface area contributed by atoms with Gasteiger partial charge in [0.25, 0.3) is 0 Å². The third-order valence-corrected chi connectivity index (χ3v) is 4.68. The zero-order valence-corrected chi connectivity index (χ0v) is 11.6. The molecule has 1 heterocycles. The van der Waals surface area contributed by atoms with Crippen LogP contribution in [0.4, 0.5) is 0 Å². The minimum Gasteiger partial charge on any atom is -0.317 e. The molecule has 1 saturated carbocycles. The highest BCUT2D eigenvalue weighted by Crippen LogP contribution is 2.25. The van der Waals surface area contributed by atoms with Gasteiger partial charge in [-0.1, -0.05) is 6.92 Å². The van der Waals surface area contributed by atoms with E-state index >= 15 is 0 Å². The molecule has 0 aromatic heterocycles. The predicted molar refractivity (Wildman–Crippen MR) is 73.4 cm³/mol. The molecular weight excluding hydrogens is 210 g/mol. The van der Waals surface area contributed by atoms with Gasteiger partial charge in [0.1, 0.15) is 0 Å². The summed E-state index contributed by atoms with van der Waals surface area (Å²) in [6.07, 6.45) is 5.63. The third-order valence-electron chi connectivity index (χ3n) is 4.68. The van der Waals surface area contributed by atoms with E-state index in [9.17, 15) is 0 Å². The van der Waals surface area contributed by atoms with Gasteiger partial charge in [-0.3, -0.25) is 0 Å². The van der Waals surface area contributed by atoms with Crippen LogP contribution in [0.15, 0.2) is 0 Å². The lowest BCUT2D eigenvalue weighted by atomic mass is 9.85. The standard InChI is InChI=1S/C14H29N3/c1-3-16-8-10-17(11-9-16)12-13-4-6-14(15-2)7-5-13/h13-15H,3-12H2,1-2H3. The Balaban J connectivity index is 1.65. The maximum atomic E-state index is 3.42. The molecule has 1 aliphatic heterocycles. The van der Waals surface area contributed by atoms with Crippen molar-refractivity contribution in [1.29, 1.82) is 0 Å². The van der Waals surface area contributed by atoms with Crippen molar-refractivity contribution in [3.05, 3.63) is 0 Å². The van der Waals surface area contributed by atoms with Gasteiger partial charge < -0.3 is 15.1 Å². The molecule has 1 aliphatic carbocycles. The second kappa shape index (κ2) is 6.72. The molecule has 3 nitrogen and oxygen atoms in total. The summed E-state index contributed by atoms with van der Waals surface area (Å²) in [7, 11) is 2.11. The van der Waals surface area contributed by atoms with E-state index in [1.54, 1.807) is 0 Å². The Bertz CT molecular complexity index is 182. The Labute approximate surface area is 107 Å². The molecule has 1 N–H and O–H groups in total. The van der Waals surface area contributed by atoms with Crippen LogP contribution in [0.25, 0.3) is 0 Å². The van der Waals surface area contributed by atoms with Gasteiger partial charge >= 0.3 is 0 Å². The molecule has 0 bridgehead atoms. The van der Waals surface area contributed by atoms with Gasteiger partial charge in [-0.15, -0.1) is 0 Å². The lowest BCUT2D eigenvalue weighted by Crippen LogP contribution is -2.48. The van der Waals surface area contributed by atoms with Crippen molar-refractivity contribution in [1.82, 2.24) is 15.1 Å². The summed E-state index contributed by atoms with van der Waals surface area (Å²) in [5, 5.41) is 3.42. The molecule has 0 aromatic rings. The maximum Gasteiger partial charge on any atom is 0.0110 e. The fraction of sp³-hybridized carbons (Fsp3) is 1.00. The normalized spacial score (nSPS) is 32.8. The number of hydrogen-bond acceptors (Lipinski definition) is 3. The van der Waals surface area contributed by atoms with Gasteiger partial charge in [0, 0.05) is 38.8 Å². The molecular formula is C14H29N3. The van der Waals surface area contributed by atoms with Crippen molar-refractivity contribution in [2.24, 2.45) is 5.92 Å². The van der Waals surface area contributed by atoms with E-state index in [4.69, 9.17) is 0 Å². The van der Waals surface area contributed by atoms with Crippen molar-refractivity contribution >= 4 is 0 Å². The molecule has 0 aromatic carbocycles. The summed E-state index contributed by atoms with van der Waals surface area (Å²) in [5.41, 5.74) is 0. The molecule has 17 heavy (non-hydrogen) atoms. The first-order valence-electron chi connectivity index (χ1n) is 7.43. The van der Waals surface area contributed by atoms with Gasteiger partial charge in [0.15, 0.2) is 0 Å². The van der Waals surface area contributed by atoms with Crippen LogP contribution in [-0.2, 0) is 0 Å². The van der Waals surface area contributed by atoms with Crippen LogP contribution >= 0.6 is 0 Å². The highest BCUT2D eigenvalue weighted by molar-refractivity contribution is 4.80. The number of rotatable bonds is 4. The second-order valence-electron chi connectivity index (χ2n) is 5.74. The fourth-order valence-electron chi connectivity index (χ4n) is 3.29. The number of piperazine rings is 1. The largest absolute Gasteiger partial charge is 0.317 e. The third kappa shape index (κ3) is 3.94. The number of hydrogen-bond donors (Lipinski definition) is 1. The fourth-order valence-corrected chi connectivity index (χ4v) is 3.29.